The van der Waals surface area contributed by atoms with E-state index in [0.29, 0.717) is 18.9 Å². The van der Waals surface area contributed by atoms with Crippen molar-refractivity contribution in [1.29, 1.82) is 0 Å². The monoisotopic (exact) mass is 774 g/mol. The van der Waals surface area contributed by atoms with Crippen LogP contribution in [0, 0.1) is 6.07 Å². The van der Waals surface area contributed by atoms with Gasteiger partial charge in [0.15, 0.2) is 6.17 Å². The molecule has 0 saturated heterocycles. The topological polar surface area (TPSA) is 9.23 Å². The van der Waals surface area contributed by atoms with Crippen LogP contribution in [0.3, 0.4) is 0 Å². The average Bonchev–Trinajstić information content (AvgIpc) is 2.74. The summed E-state index contributed by atoms with van der Waals surface area (Å²) < 4.78 is 169. The van der Waals surface area contributed by atoms with E-state index in [1.54, 1.807) is 31.2 Å². The molecule has 1 aromatic carbocycles. The number of rotatable bonds is 5. The van der Waals surface area contributed by atoms with Crippen molar-refractivity contribution in [2.45, 2.75) is 116 Å². The van der Waals surface area contributed by atoms with Crippen LogP contribution in [-0.4, -0.2) is 45.4 Å². The zero-order valence-corrected chi connectivity index (χ0v) is 22.4. The van der Waals surface area contributed by atoms with Crippen molar-refractivity contribution in [1.82, 2.24) is 0 Å². The third kappa shape index (κ3) is 90.0. The van der Waals surface area contributed by atoms with Crippen molar-refractivity contribution in [3.8, 4) is 0 Å². The van der Waals surface area contributed by atoms with Crippen molar-refractivity contribution in [3.05, 3.63) is 35.9 Å². The Bertz CT molecular complexity index is 534. The molecule has 0 aliphatic carbocycles. The molecule has 1 radical (unpaired) electrons. The largest absolute Gasteiger partial charge is 0.559 e. The summed E-state index contributed by atoms with van der Waals surface area (Å²) in [5, 5.41) is 0. The van der Waals surface area contributed by atoms with Gasteiger partial charge in [0.2, 0.25) is 20.7 Å². The summed E-state index contributed by atoms with van der Waals surface area (Å²) in [7, 11) is 0. The molecule has 0 aliphatic heterocycles. The smallest absolute Gasteiger partial charge is 0.240 e. The van der Waals surface area contributed by atoms with Crippen molar-refractivity contribution < 1.29 is 108 Å². The molecule has 2 unspecified atom stereocenters. The van der Waals surface area contributed by atoms with Crippen molar-refractivity contribution in [3.63, 3.8) is 0 Å². The molecule has 2 atom stereocenters. The molecule has 0 fully saturated rings. The molecule has 0 aromatic heterocycles. The predicted molar refractivity (Wildman–Crippen MR) is 147 cm³/mol. The summed E-state index contributed by atoms with van der Waals surface area (Å²) in [5.41, 5.74) is 0.602. The van der Waals surface area contributed by atoms with E-state index >= 15 is 0 Å². The van der Waals surface area contributed by atoms with Crippen molar-refractivity contribution in [2.24, 2.45) is 0 Å². The molecule has 18 heteroatoms. The molecule has 0 bridgehead atoms. The molecular formula is C26H53F16OY-. The molecule has 279 valence electrons. The summed E-state index contributed by atoms with van der Waals surface area (Å²) in [6.45, 7) is -1.44. The van der Waals surface area contributed by atoms with E-state index in [1.807, 2.05) is 0 Å². The van der Waals surface area contributed by atoms with Gasteiger partial charge >= 0.3 is 12.6 Å². The SMILES string of the molecule is C.C.C.C.C.C.C.CCC(F)(F)F.CCC(c1cc[c-]cc1)C(F)C(C)(F)F.FC(F)(F)F.FCF.FCF.FCOF.[Y]. The van der Waals surface area contributed by atoms with E-state index < -0.39 is 57.8 Å². The van der Waals surface area contributed by atoms with E-state index in [1.165, 1.54) is 0 Å². The van der Waals surface area contributed by atoms with Crippen molar-refractivity contribution >= 4 is 0 Å². The predicted octanol–water partition coefficient (Wildman–Crippen LogP) is 14.4. The van der Waals surface area contributed by atoms with E-state index in [9.17, 15) is 70.4 Å². The Morgan fingerprint density at radius 1 is 0.705 bits per heavy atom. The minimum absolute atomic E-state index is 0. The fraction of sp³-hybridized carbons (Fsp3) is 0.769. The summed E-state index contributed by atoms with van der Waals surface area (Å²) in [6, 6.07) is 9.26. The van der Waals surface area contributed by atoms with Gasteiger partial charge in [-0.2, -0.15) is 54.0 Å². The van der Waals surface area contributed by atoms with Gasteiger partial charge < -0.3 is 0 Å². The van der Waals surface area contributed by atoms with Gasteiger partial charge in [-0.3, -0.25) is 0 Å². The molecule has 0 saturated carbocycles. The minimum atomic E-state index is -5.50. The van der Waals surface area contributed by atoms with Gasteiger partial charge in [-0.15, -0.1) is 17.6 Å². The Morgan fingerprint density at radius 2 is 0.932 bits per heavy atom. The molecular weight excluding hydrogens is 721 g/mol. The maximum atomic E-state index is 13.5. The summed E-state index contributed by atoms with van der Waals surface area (Å²) in [4.78, 5) is 2.38. The van der Waals surface area contributed by atoms with Crippen LogP contribution in [0.4, 0.5) is 70.4 Å². The number of alkyl halides is 15. The molecule has 1 rings (SSSR count). The van der Waals surface area contributed by atoms with Crippen LogP contribution < -0.4 is 0 Å². The van der Waals surface area contributed by atoms with Crippen LogP contribution in [0.2, 0.25) is 0 Å². The van der Waals surface area contributed by atoms with Crippen LogP contribution >= 0.6 is 0 Å². The van der Waals surface area contributed by atoms with E-state index in [2.05, 4.69) is 11.0 Å². The Morgan fingerprint density at radius 3 is 1.07 bits per heavy atom. The zero-order chi connectivity index (χ0) is 30.0. The first kappa shape index (κ1) is 84.3. The fourth-order valence-electron chi connectivity index (χ4n) is 1.61. The Hall–Kier alpha value is -0.836. The first-order chi connectivity index (χ1) is 16.3. The Kier molecular flexibility index (Phi) is 99.2. The third-order valence-corrected chi connectivity index (χ3v) is 2.89. The molecule has 44 heavy (non-hydrogen) atoms. The summed E-state index contributed by atoms with van der Waals surface area (Å²) >= 11 is 0. The molecule has 0 N–H and O–H groups in total. The normalized spacial score (nSPS) is 9.98. The quantitative estimate of drug-likeness (QED) is 0.214. The minimum Gasteiger partial charge on any atom is -0.240 e. The van der Waals surface area contributed by atoms with E-state index in [0.717, 1.165) is 6.92 Å². The number of halogens is 16. The Balaban J connectivity index is -0.0000000260. The second kappa shape index (κ2) is 51.7. The second-order valence-corrected chi connectivity index (χ2v) is 5.52. The molecule has 0 amide bonds. The summed E-state index contributed by atoms with van der Waals surface area (Å²) in [6.07, 6.45) is -12.0. The first-order valence-electron chi connectivity index (χ1n) is 9.11. The Labute approximate surface area is 280 Å². The number of hydrogen-bond acceptors (Lipinski definition) is 1. The van der Waals surface area contributed by atoms with Gasteiger partial charge in [-0.1, -0.05) is 65.8 Å². The maximum Gasteiger partial charge on any atom is 0.559 e. The number of benzene rings is 1. The van der Waals surface area contributed by atoms with Gasteiger partial charge in [-0.25, -0.2) is 35.1 Å². The average molecular weight is 775 g/mol. The molecule has 1 nitrogen and oxygen atoms in total. The fourth-order valence-corrected chi connectivity index (χ4v) is 1.61. The van der Waals surface area contributed by atoms with Crippen LogP contribution in [0.25, 0.3) is 0 Å². The molecule has 1 aromatic rings. The maximum absolute atomic E-state index is 13.5. The van der Waals surface area contributed by atoms with E-state index in [-0.39, 0.29) is 84.7 Å². The second-order valence-electron chi connectivity index (χ2n) is 5.52. The number of hydrogen-bond donors (Lipinski definition) is 0. The van der Waals surface area contributed by atoms with Gasteiger partial charge in [0.05, 0.1) is 0 Å². The standard InChI is InChI=1S/C12H14F3.C3H5F3.CF4.CH2F2O.2CH2F2.7CH4.Y/c1-3-10(11(13)12(2,14)15)9-7-5-4-6-8-9;1-2-3(4,5)6;2-1(3,4)5;2-1-4-3;2*2-1-3;;;;;;;;/h5-8,10-11H,3H2,1-2H3;2H2,1H3;;1H2;2*1H2;7*1H4;/q-1;;;;;;;;;;;;;. The zero-order valence-electron chi connectivity index (χ0n) is 19.5. The van der Waals surface area contributed by atoms with Crippen molar-refractivity contribution in [2.75, 3.05) is 20.7 Å². The first-order valence-corrected chi connectivity index (χ1v) is 9.11. The van der Waals surface area contributed by atoms with Gasteiger partial charge in [-0.05, 0) is 16.9 Å². The molecule has 0 heterocycles. The molecule has 0 spiro atoms. The van der Waals surface area contributed by atoms with Crippen LogP contribution in [0.5, 0.6) is 0 Å². The van der Waals surface area contributed by atoms with Gasteiger partial charge in [0, 0.05) is 46.1 Å². The molecule has 0 aliphatic rings. The van der Waals surface area contributed by atoms with Crippen LogP contribution in [0.1, 0.15) is 97.1 Å². The summed E-state index contributed by atoms with van der Waals surface area (Å²) in [5.74, 6) is -4.04. The third-order valence-electron chi connectivity index (χ3n) is 2.89. The van der Waals surface area contributed by atoms with E-state index in [4.69, 9.17) is 0 Å². The van der Waals surface area contributed by atoms with Crippen LogP contribution in [-0.2, 0) is 37.7 Å². The van der Waals surface area contributed by atoms with Crippen LogP contribution in [0.15, 0.2) is 24.3 Å². The van der Waals surface area contributed by atoms with Gasteiger partial charge in [0.1, 0.15) is 0 Å². The van der Waals surface area contributed by atoms with Gasteiger partial charge in [0.25, 0.3) is 5.92 Å².